The number of H-pyrrole nitrogens is 1. The summed E-state index contributed by atoms with van der Waals surface area (Å²) in [6, 6.07) is 1.35. The second kappa shape index (κ2) is 5.34. The summed E-state index contributed by atoms with van der Waals surface area (Å²) in [4.78, 5) is 25.6. The van der Waals surface area contributed by atoms with E-state index >= 15 is 0 Å². The molecule has 0 spiro atoms. The molecular formula is C11H16N2O2. The predicted octanol–water partition coefficient (Wildman–Crippen LogP) is 1.15. The first kappa shape index (κ1) is 11.5. The van der Waals surface area contributed by atoms with E-state index in [2.05, 4.69) is 24.1 Å². The molecule has 4 heteroatoms. The molecule has 1 atom stereocenters. The van der Waals surface area contributed by atoms with Crippen molar-refractivity contribution in [1.29, 1.82) is 0 Å². The Hall–Kier alpha value is -1.58. The van der Waals surface area contributed by atoms with E-state index in [1.807, 2.05) is 0 Å². The van der Waals surface area contributed by atoms with Crippen LogP contribution in [0.15, 0.2) is 23.3 Å². The fourth-order valence-corrected chi connectivity index (χ4v) is 1.10. The summed E-state index contributed by atoms with van der Waals surface area (Å²) in [5.74, 6) is 0.119. The highest BCUT2D eigenvalue weighted by Crippen LogP contribution is 1.98. The zero-order valence-electron chi connectivity index (χ0n) is 9.04. The molecule has 0 aliphatic heterocycles. The average Bonchev–Trinajstić information content (AvgIpc) is 2.26. The third-order valence-corrected chi connectivity index (χ3v) is 2.38. The van der Waals surface area contributed by atoms with Gasteiger partial charge in [-0.05, 0) is 5.92 Å². The lowest BCUT2D eigenvalue weighted by atomic mass is 10.1. The van der Waals surface area contributed by atoms with Crippen molar-refractivity contribution in [2.75, 3.05) is 6.54 Å². The highest BCUT2D eigenvalue weighted by Gasteiger charge is 2.09. The van der Waals surface area contributed by atoms with Crippen molar-refractivity contribution in [1.82, 2.24) is 10.3 Å². The number of amides is 1. The van der Waals surface area contributed by atoms with Crippen LogP contribution in [0.3, 0.4) is 0 Å². The fourth-order valence-electron chi connectivity index (χ4n) is 1.10. The highest BCUT2D eigenvalue weighted by atomic mass is 16.2. The first-order chi connectivity index (χ1) is 7.15. The van der Waals surface area contributed by atoms with Gasteiger partial charge in [0.05, 0.1) is 0 Å². The summed E-state index contributed by atoms with van der Waals surface area (Å²) in [7, 11) is 0. The quantitative estimate of drug-likeness (QED) is 0.779. The molecule has 0 saturated heterocycles. The van der Waals surface area contributed by atoms with Crippen LogP contribution in [0.5, 0.6) is 0 Å². The van der Waals surface area contributed by atoms with E-state index in [4.69, 9.17) is 0 Å². The fraction of sp³-hybridized carbons (Fsp3) is 0.455. The Morgan fingerprint density at radius 1 is 1.60 bits per heavy atom. The van der Waals surface area contributed by atoms with Gasteiger partial charge in [0.2, 0.25) is 0 Å². The van der Waals surface area contributed by atoms with Crippen molar-refractivity contribution >= 4 is 5.91 Å². The van der Waals surface area contributed by atoms with Gasteiger partial charge >= 0.3 is 0 Å². The Balaban J connectivity index is 2.62. The van der Waals surface area contributed by atoms with Crippen molar-refractivity contribution in [3.63, 3.8) is 0 Å². The van der Waals surface area contributed by atoms with Gasteiger partial charge in [0.15, 0.2) is 5.43 Å². The maximum Gasteiger partial charge on any atom is 0.256 e. The number of hydrogen-bond acceptors (Lipinski definition) is 2. The van der Waals surface area contributed by atoms with Crippen LogP contribution < -0.4 is 10.7 Å². The van der Waals surface area contributed by atoms with Crippen molar-refractivity contribution in [2.45, 2.75) is 20.3 Å². The topological polar surface area (TPSA) is 62.0 Å². The van der Waals surface area contributed by atoms with Crippen molar-refractivity contribution in [3.8, 4) is 0 Å². The van der Waals surface area contributed by atoms with Crippen LogP contribution >= 0.6 is 0 Å². The van der Waals surface area contributed by atoms with Gasteiger partial charge in [-0.1, -0.05) is 20.3 Å². The molecular weight excluding hydrogens is 192 g/mol. The lowest BCUT2D eigenvalue weighted by Crippen LogP contribution is -2.31. The molecule has 1 aromatic heterocycles. The normalized spacial score (nSPS) is 12.1. The van der Waals surface area contributed by atoms with Crippen LogP contribution in [0.25, 0.3) is 0 Å². The molecule has 1 rings (SSSR count). The lowest BCUT2D eigenvalue weighted by molar-refractivity contribution is 0.0946. The second-order valence-corrected chi connectivity index (χ2v) is 3.65. The number of nitrogens with one attached hydrogen (secondary N) is 2. The first-order valence-corrected chi connectivity index (χ1v) is 5.10. The maximum atomic E-state index is 11.6. The van der Waals surface area contributed by atoms with Gasteiger partial charge in [-0.2, -0.15) is 0 Å². The van der Waals surface area contributed by atoms with Crippen LogP contribution in [0.4, 0.5) is 0 Å². The van der Waals surface area contributed by atoms with E-state index < -0.39 is 0 Å². The summed E-state index contributed by atoms with van der Waals surface area (Å²) in [6.07, 6.45) is 3.94. The average molecular weight is 208 g/mol. The Labute approximate surface area is 88.7 Å². The van der Waals surface area contributed by atoms with Crippen molar-refractivity contribution in [3.05, 3.63) is 34.2 Å². The summed E-state index contributed by atoms with van der Waals surface area (Å²) in [5, 5.41) is 2.73. The van der Waals surface area contributed by atoms with Crippen molar-refractivity contribution in [2.24, 2.45) is 5.92 Å². The monoisotopic (exact) mass is 208 g/mol. The Morgan fingerprint density at radius 2 is 2.33 bits per heavy atom. The third-order valence-electron chi connectivity index (χ3n) is 2.38. The van der Waals surface area contributed by atoms with Crippen LogP contribution in [0, 0.1) is 5.92 Å². The number of carbonyl (C=O) groups is 1. The molecule has 0 aromatic carbocycles. The van der Waals surface area contributed by atoms with E-state index in [9.17, 15) is 9.59 Å². The minimum absolute atomic E-state index is 0.167. The number of carbonyl (C=O) groups excluding carboxylic acids is 1. The van der Waals surface area contributed by atoms with Crippen molar-refractivity contribution < 1.29 is 4.79 Å². The van der Waals surface area contributed by atoms with E-state index in [0.29, 0.717) is 12.5 Å². The SMILES string of the molecule is CCC(C)CNC(=O)c1c[nH]ccc1=O. The van der Waals surface area contributed by atoms with Gasteiger partial charge in [0.1, 0.15) is 5.56 Å². The Bertz CT molecular complexity index is 384. The number of aromatic nitrogens is 1. The third kappa shape index (κ3) is 3.23. The largest absolute Gasteiger partial charge is 0.367 e. The molecule has 1 amide bonds. The zero-order valence-corrected chi connectivity index (χ0v) is 9.04. The molecule has 2 N–H and O–H groups in total. The summed E-state index contributed by atoms with van der Waals surface area (Å²) < 4.78 is 0. The van der Waals surface area contributed by atoms with Gasteiger partial charge < -0.3 is 10.3 Å². The smallest absolute Gasteiger partial charge is 0.256 e. The summed E-state index contributed by atoms with van der Waals surface area (Å²) in [6.45, 7) is 4.71. The van der Waals surface area contributed by atoms with Crippen LogP contribution in [-0.4, -0.2) is 17.4 Å². The molecule has 1 unspecified atom stereocenters. The number of hydrogen-bond donors (Lipinski definition) is 2. The molecule has 0 aliphatic rings. The molecule has 1 aromatic rings. The van der Waals surface area contributed by atoms with Gasteiger partial charge in [0, 0.05) is 25.0 Å². The second-order valence-electron chi connectivity index (χ2n) is 3.65. The number of pyridine rings is 1. The molecule has 0 radical (unpaired) electrons. The molecule has 0 fully saturated rings. The summed E-state index contributed by atoms with van der Waals surface area (Å²) >= 11 is 0. The molecule has 1 heterocycles. The Morgan fingerprint density at radius 3 is 2.93 bits per heavy atom. The Kier molecular flexibility index (Phi) is 4.09. The van der Waals surface area contributed by atoms with E-state index in [1.54, 1.807) is 0 Å². The molecule has 0 bridgehead atoms. The van der Waals surface area contributed by atoms with Gasteiger partial charge in [-0.25, -0.2) is 0 Å². The molecule has 15 heavy (non-hydrogen) atoms. The summed E-state index contributed by atoms with van der Waals surface area (Å²) in [5.41, 5.74) is -0.0868. The maximum absolute atomic E-state index is 11.6. The highest BCUT2D eigenvalue weighted by molar-refractivity contribution is 5.93. The van der Waals surface area contributed by atoms with Gasteiger partial charge in [-0.3, -0.25) is 9.59 Å². The first-order valence-electron chi connectivity index (χ1n) is 5.10. The van der Waals surface area contributed by atoms with E-state index in [1.165, 1.54) is 18.5 Å². The molecule has 4 nitrogen and oxygen atoms in total. The number of aromatic amines is 1. The molecule has 0 saturated carbocycles. The van der Waals surface area contributed by atoms with Crippen LogP contribution in [0.1, 0.15) is 30.6 Å². The van der Waals surface area contributed by atoms with E-state index in [0.717, 1.165) is 6.42 Å². The van der Waals surface area contributed by atoms with Gasteiger partial charge in [-0.15, -0.1) is 0 Å². The zero-order chi connectivity index (χ0) is 11.3. The standard InChI is InChI=1S/C11H16N2O2/c1-3-8(2)6-13-11(15)9-7-12-5-4-10(9)14/h4-5,7-8H,3,6H2,1-2H3,(H,12,14)(H,13,15). The minimum Gasteiger partial charge on any atom is -0.367 e. The number of rotatable bonds is 4. The predicted molar refractivity (Wildman–Crippen MR) is 58.9 cm³/mol. The van der Waals surface area contributed by atoms with Gasteiger partial charge in [0.25, 0.3) is 5.91 Å². The van der Waals surface area contributed by atoms with E-state index in [-0.39, 0.29) is 16.9 Å². The van der Waals surface area contributed by atoms with Crippen LogP contribution in [-0.2, 0) is 0 Å². The lowest BCUT2D eigenvalue weighted by Gasteiger charge is -2.09. The van der Waals surface area contributed by atoms with Crippen LogP contribution in [0.2, 0.25) is 0 Å². The molecule has 0 aliphatic carbocycles. The molecule has 82 valence electrons. The minimum atomic E-state index is -0.308.